The number of hydrogen-bond acceptors (Lipinski definition) is 6. The summed E-state index contributed by atoms with van der Waals surface area (Å²) in [6, 6.07) is 0. The van der Waals surface area contributed by atoms with E-state index in [1.165, 1.54) is 77.0 Å². The van der Waals surface area contributed by atoms with Gasteiger partial charge in [0, 0.05) is 13.2 Å². The summed E-state index contributed by atoms with van der Waals surface area (Å²) < 4.78 is 27.6. The van der Waals surface area contributed by atoms with Gasteiger partial charge in [-0.15, -0.1) is 0 Å². The van der Waals surface area contributed by atoms with Gasteiger partial charge in [-0.25, -0.2) is 0 Å². The Morgan fingerprint density at radius 1 is 0.844 bits per heavy atom. The molecule has 0 heterocycles. The third-order valence-corrected chi connectivity index (χ3v) is 6.80. The topological polar surface area (TPSA) is 85.3 Å². The first-order chi connectivity index (χ1) is 15.4. The van der Waals surface area contributed by atoms with Crippen molar-refractivity contribution in [2.45, 2.75) is 103 Å². The quantitative estimate of drug-likeness (QED) is 0.101. The Morgan fingerprint density at radius 3 is 1.81 bits per heavy atom. The molecular formula is C24H50NO6P. The van der Waals surface area contributed by atoms with E-state index in [-0.39, 0.29) is 19.4 Å². The summed E-state index contributed by atoms with van der Waals surface area (Å²) in [6.45, 7) is 3.66. The molecule has 0 saturated carbocycles. The van der Waals surface area contributed by atoms with Crippen molar-refractivity contribution in [3.63, 3.8) is 0 Å². The number of unbranched alkanes of at least 4 members (excludes halogenated alkanes) is 13. The molecule has 0 aromatic heterocycles. The molecule has 0 amide bonds. The number of rotatable bonds is 25. The van der Waals surface area contributed by atoms with E-state index in [9.17, 15) is 14.3 Å². The zero-order valence-electron chi connectivity index (χ0n) is 21.0. The van der Waals surface area contributed by atoms with Crippen molar-refractivity contribution in [3.05, 3.63) is 0 Å². The van der Waals surface area contributed by atoms with Crippen molar-refractivity contribution >= 4 is 14.1 Å². The maximum absolute atomic E-state index is 12.0. The Kier molecular flexibility index (Phi) is 22.0. The van der Waals surface area contributed by atoms with E-state index in [1.807, 2.05) is 19.0 Å². The van der Waals surface area contributed by atoms with Gasteiger partial charge < -0.3 is 23.8 Å². The van der Waals surface area contributed by atoms with E-state index in [0.29, 0.717) is 19.6 Å². The molecule has 0 saturated heterocycles. The summed E-state index contributed by atoms with van der Waals surface area (Å²) in [5.74, 6) is 0. The van der Waals surface area contributed by atoms with Crippen LogP contribution in [0.2, 0.25) is 0 Å². The molecule has 0 bridgehead atoms. The van der Waals surface area contributed by atoms with Crippen molar-refractivity contribution in [3.8, 4) is 0 Å². The first kappa shape index (κ1) is 31.5. The highest BCUT2D eigenvalue weighted by molar-refractivity contribution is 7.52. The Hall–Kier alpha value is -0.460. The van der Waals surface area contributed by atoms with E-state index < -0.39 is 13.7 Å². The summed E-state index contributed by atoms with van der Waals surface area (Å²) in [4.78, 5) is 22.3. The molecule has 1 N–H and O–H groups in total. The molecule has 0 aromatic rings. The monoisotopic (exact) mass is 479 g/mol. The summed E-state index contributed by atoms with van der Waals surface area (Å²) in [7, 11) is -0.0475. The molecule has 8 heteroatoms. The number of nitrogens with zero attached hydrogens (tertiary/aromatic N) is 1. The molecule has 32 heavy (non-hydrogen) atoms. The standard InChI is InChI=1S/C24H50NO6P/c1-4-5-6-7-8-9-10-11-12-13-14-15-16-17-19-29-21-24(30-23-26)22-31-32(27,28)20-18-25(2)3/h23-24H,4-22H2,1-3H3,(H,27,28). The van der Waals surface area contributed by atoms with Crippen LogP contribution in [-0.4, -0.2) is 69.0 Å². The summed E-state index contributed by atoms with van der Waals surface area (Å²) in [5.41, 5.74) is 0. The molecule has 0 aliphatic rings. The van der Waals surface area contributed by atoms with Crippen LogP contribution < -0.4 is 0 Å². The van der Waals surface area contributed by atoms with Crippen molar-refractivity contribution in [2.75, 3.05) is 46.6 Å². The molecule has 192 valence electrons. The van der Waals surface area contributed by atoms with Crippen LogP contribution in [0.15, 0.2) is 0 Å². The van der Waals surface area contributed by atoms with Gasteiger partial charge in [0.05, 0.1) is 19.4 Å². The predicted octanol–water partition coefficient (Wildman–Crippen LogP) is 5.79. The minimum atomic E-state index is -3.69. The molecule has 0 rings (SSSR count). The average Bonchev–Trinajstić information content (AvgIpc) is 2.76. The van der Waals surface area contributed by atoms with Crippen LogP contribution in [0, 0.1) is 0 Å². The number of hydrogen-bond donors (Lipinski definition) is 1. The highest BCUT2D eigenvalue weighted by Crippen LogP contribution is 2.41. The highest BCUT2D eigenvalue weighted by Gasteiger charge is 2.22. The van der Waals surface area contributed by atoms with Gasteiger partial charge in [0.25, 0.3) is 6.47 Å². The van der Waals surface area contributed by atoms with Crippen molar-refractivity contribution < 1.29 is 28.3 Å². The summed E-state index contributed by atoms with van der Waals surface area (Å²) in [6.07, 6.45) is 17.7. The molecule has 0 spiro atoms. The third-order valence-electron chi connectivity index (χ3n) is 5.49. The van der Waals surface area contributed by atoms with E-state index >= 15 is 0 Å². The van der Waals surface area contributed by atoms with Crippen LogP contribution in [0.25, 0.3) is 0 Å². The molecule has 0 aromatic carbocycles. The minimum Gasteiger partial charge on any atom is -0.460 e. The smallest absolute Gasteiger partial charge is 0.329 e. The van der Waals surface area contributed by atoms with Gasteiger partial charge in [0.2, 0.25) is 0 Å². The molecular weight excluding hydrogens is 429 g/mol. The molecule has 0 radical (unpaired) electrons. The van der Waals surface area contributed by atoms with Crippen LogP contribution in [0.5, 0.6) is 0 Å². The van der Waals surface area contributed by atoms with Gasteiger partial charge in [-0.1, -0.05) is 90.4 Å². The van der Waals surface area contributed by atoms with Gasteiger partial charge in [-0.3, -0.25) is 9.36 Å². The predicted molar refractivity (Wildman–Crippen MR) is 131 cm³/mol. The number of ether oxygens (including phenoxy) is 2. The lowest BCUT2D eigenvalue weighted by Crippen LogP contribution is -2.26. The van der Waals surface area contributed by atoms with Crippen molar-refractivity contribution in [1.29, 1.82) is 0 Å². The fraction of sp³-hybridized carbons (Fsp3) is 0.958. The maximum Gasteiger partial charge on any atom is 0.329 e. The van der Waals surface area contributed by atoms with Crippen LogP contribution in [0.3, 0.4) is 0 Å². The molecule has 0 aliphatic carbocycles. The lowest BCUT2D eigenvalue weighted by atomic mass is 10.0. The minimum absolute atomic E-state index is 0.0354. The normalized spacial score (nSPS) is 14.4. The summed E-state index contributed by atoms with van der Waals surface area (Å²) >= 11 is 0. The van der Waals surface area contributed by atoms with Gasteiger partial charge >= 0.3 is 7.60 Å². The number of carbonyl (C=O) groups excluding carboxylic acids is 1. The fourth-order valence-corrected chi connectivity index (χ4v) is 4.59. The molecule has 7 nitrogen and oxygen atoms in total. The van der Waals surface area contributed by atoms with Crippen LogP contribution in [0.4, 0.5) is 0 Å². The second-order valence-electron chi connectivity index (χ2n) is 8.99. The molecule has 0 aliphatic heterocycles. The summed E-state index contributed by atoms with van der Waals surface area (Å²) in [5, 5.41) is 0. The third kappa shape index (κ3) is 22.7. The van der Waals surface area contributed by atoms with Crippen molar-refractivity contribution in [2.24, 2.45) is 0 Å². The molecule has 2 unspecified atom stereocenters. The zero-order chi connectivity index (χ0) is 23.9. The first-order valence-electron chi connectivity index (χ1n) is 12.7. The van der Waals surface area contributed by atoms with Crippen LogP contribution in [0.1, 0.15) is 96.8 Å². The van der Waals surface area contributed by atoms with Gasteiger partial charge in [0.15, 0.2) is 0 Å². The highest BCUT2D eigenvalue weighted by atomic mass is 31.2. The van der Waals surface area contributed by atoms with Gasteiger partial charge in [0.1, 0.15) is 6.10 Å². The Balaban J connectivity index is 3.57. The lowest BCUT2D eigenvalue weighted by Gasteiger charge is -2.19. The van der Waals surface area contributed by atoms with Crippen molar-refractivity contribution in [1.82, 2.24) is 4.90 Å². The second kappa shape index (κ2) is 22.3. The van der Waals surface area contributed by atoms with Gasteiger partial charge in [-0.05, 0) is 20.5 Å². The molecule has 0 fully saturated rings. The largest absolute Gasteiger partial charge is 0.460 e. The fourth-order valence-electron chi connectivity index (χ4n) is 3.41. The lowest BCUT2D eigenvalue weighted by molar-refractivity contribution is -0.138. The number of carbonyl (C=O) groups is 1. The second-order valence-corrected chi connectivity index (χ2v) is 11.0. The van der Waals surface area contributed by atoms with Crippen LogP contribution in [-0.2, 0) is 23.4 Å². The molecule has 2 atom stereocenters. The van der Waals surface area contributed by atoms with E-state index in [2.05, 4.69) is 6.92 Å². The average molecular weight is 480 g/mol. The maximum atomic E-state index is 12.0. The van der Waals surface area contributed by atoms with Gasteiger partial charge in [-0.2, -0.15) is 0 Å². The van der Waals surface area contributed by atoms with E-state index in [4.69, 9.17) is 14.0 Å². The van der Waals surface area contributed by atoms with E-state index in [0.717, 1.165) is 12.8 Å². The Morgan fingerprint density at radius 2 is 1.34 bits per heavy atom. The first-order valence-corrected chi connectivity index (χ1v) is 14.5. The SMILES string of the molecule is CCCCCCCCCCCCCCCCOCC(COP(=O)(O)CCN(C)C)OC=O. The zero-order valence-corrected chi connectivity index (χ0v) is 21.9. The Bertz CT molecular complexity index is 464. The van der Waals surface area contributed by atoms with Crippen LogP contribution >= 0.6 is 7.60 Å². The van der Waals surface area contributed by atoms with E-state index in [1.54, 1.807) is 0 Å². The Labute approximate surface area is 197 Å².